The van der Waals surface area contributed by atoms with Gasteiger partial charge >= 0.3 is 0 Å². The molecule has 3 rings (SSSR count). The van der Waals surface area contributed by atoms with Crippen molar-refractivity contribution in [1.29, 1.82) is 0 Å². The van der Waals surface area contributed by atoms with Gasteiger partial charge in [-0.2, -0.15) is 0 Å². The molecule has 0 saturated heterocycles. The van der Waals surface area contributed by atoms with Crippen molar-refractivity contribution in [2.24, 2.45) is 0 Å². The summed E-state index contributed by atoms with van der Waals surface area (Å²) < 4.78 is 5.51. The second kappa shape index (κ2) is 5.24. The average Bonchev–Trinajstić information content (AvgIpc) is 2.87. The van der Waals surface area contributed by atoms with Crippen LogP contribution in [0.1, 0.15) is 16.9 Å². The SMILES string of the molecule is CNCc1occc1Cc1ccnc2ccccc12. The molecule has 0 amide bonds. The summed E-state index contributed by atoms with van der Waals surface area (Å²) >= 11 is 0. The molecular formula is C16H16N2O. The molecule has 2 aromatic heterocycles. The number of hydrogen-bond donors (Lipinski definition) is 1. The monoisotopic (exact) mass is 252 g/mol. The highest BCUT2D eigenvalue weighted by Crippen LogP contribution is 2.21. The molecule has 3 heteroatoms. The number of aromatic nitrogens is 1. The maximum Gasteiger partial charge on any atom is 0.121 e. The number of nitrogens with one attached hydrogen (secondary N) is 1. The van der Waals surface area contributed by atoms with Crippen molar-refractivity contribution in [3.05, 3.63) is 65.7 Å². The van der Waals surface area contributed by atoms with E-state index in [0.29, 0.717) is 0 Å². The van der Waals surface area contributed by atoms with Gasteiger partial charge < -0.3 is 9.73 Å². The quantitative estimate of drug-likeness (QED) is 0.775. The van der Waals surface area contributed by atoms with Crippen LogP contribution in [-0.2, 0) is 13.0 Å². The van der Waals surface area contributed by atoms with Crippen molar-refractivity contribution in [2.75, 3.05) is 7.05 Å². The van der Waals surface area contributed by atoms with Gasteiger partial charge in [0.15, 0.2) is 0 Å². The highest BCUT2D eigenvalue weighted by Gasteiger charge is 2.08. The van der Waals surface area contributed by atoms with Crippen LogP contribution in [0.4, 0.5) is 0 Å². The lowest BCUT2D eigenvalue weighted by atomic mass is 10.0. The summed E-state index contributed by atoms with van der Waals surface area (Å²) in [6.45, 7) is 0.755. The van der Waals surface area contributed by atoms with Gasteiger partial charge in [-0.1, -0.05) is 18.2 Å². The molecule has 0 spiro atoms. The average molecular weight is 252 g/mol. The third kappa shape index (κ3) is 2.37. The highest BCUT2D eigenvalue weighted by atomic mass is 16.3. The van der Waals surface area contributed by atoms with Crippen LogP contribution in [0.3, 0.4) is 0 Å². The second-order valence-corrected chi connectivity index (χ2v) is 4.56. The molecule has 0 aliphatic carbocycles. The summed E-state index contributed by atoms with van der Waals surface area (Å²) in [5.41, 5.74) is 3.55. The van der Waals surface area contributed by atoms with E-state index in [1.807, 2.05) is 31.4 Å². The smallest absolute Gasteiger partial charge is 0.121 e. The number of fused-ring (bicyclic) bond motifs is 1. The zero-order chi connectivity index (χ0) is 13.1. The van der Waals surface area contributed by atoms with E-state index in [4.69, 9.17) is 4.42 Å². The van der Waals surface area contributed by atoms with Crippen molar-refractivity contribution in [3.8, 4) is 0 Å². The highest BCUT2D eigenvalue weighted by molar-refractivity contribution is 5.82. The fraction of sp³-hybridized carbons (Fsp3) is 0.188. The maximum atomic E-state index is 5.51. The molecule has 2 heterocycles. The molecule has 0 unspecified atom stereocenters. The van der Waals surface area contributed by atoms with Gasteiger partial charge in [0, 0.05) is 18.0 Å². The molecule has 0 bridgehead atoms. The number of benzene rings is 1. The largest absolute Gasteiger partial charge is 0.468 e. The molecule has 0 aliphatic rings. The summed E-state index contributed by atoms with van der Waals surface area (Å²) in [5, 5.41) is 4.34. The maximum absolute atomic E-state index is 5.51. The van der Waals surface area contributed by atoms with Crippen LogP contribution in [0.5, 0.6) is 0 Å². The lowest BCUT2D eigenvalue weighted by Crippen LogP contribution is -2.06. The number of pyridine rings is 1. The van der Waals surface area contributed by atoms with E-state index < -0.39 is 0 Å². The fourth-order valence-electron chi connectivity index (χ4n) is 2.35. The van der Waals surface area contributed by atoms with Crippen LogP contribution >= 0.6 is 0 Å². The predicted molar refractivity (Wildman–Crippen MR) is 76.0 cm³/mol. The van der Waals surface area contributed by atoms with E-state index in [2.05, 4.69) is 28.5 Å². The summed E-state index contributed by atoms with van der Waals surface area (Å²) in [7, 11) is 1.92. The Hall–Kier alpha value is -2.13. The number of nitrogens with zero attached hydrogens (tertiary/aromatic N) is 1. The molecule has 3 aromatic rings. The van der Waals surface area contributed by atoms with Crippen molar-refractivity contribution in [3.63, 3.8) is 0 Å². The number of furan rings is 1. The van der Waals surface area contributed by atoms with E-state index >= 15 is 0 Å². The van der Waals surface area contributed by atoms with Gasteiger partial charge in [0.1, 0.15) is 5.76 Å². The Bertz CT molecular complexity index is 683. The van der Waals surface area contributed by atoms with Gasteiger partial charge in [-0.05, 0) is 36.4 Å². The van der Waals surface area contributed by atoms with Crippen molar-refractivity contribution in [2.45, 2.75) is 13.0 Å². The predicted octanol–water partition coefficient (Wildman–Crippen LogP) is 3.14. The van der Waals surface area contributed by atoms with E-state index in [9.17, 15) is 0 Å². The summed E-state index contributed by atoms with van der Waals surface area (Å²) in [6, 6.07) is 12.4. The summed E-state index contributed by atoms with van der Waals surface area (Å²) in [5.74, 6) is 1.00. The first-order valence-electron chi connectivity index (χ1n) is 6.41. The normalized spacial score (nSPS) is 11.0. The Morgan fingerprint density at radius 3 is 2.89 bits per heavy atom. The Labute approximate surface area is 112 Å². The van der Waals surface area contributed by atoms with Crippen molar-refractivity contribution < 1.29 is 4.42 Å². The van der Waals surface area contributed by atoms with Crippen LogP contribution < -0.4 is 5.32 Å². The van der Waals surface area contributed by atoms with Crippen LogP contribution in [0.15, 0.2) is 53.3 Å². The van der Waals surface area contributed by atoms with Crippen LogP contribution in [-0.4, -0.2) is 12.0 Å². The van der Waals surface area contributed by atoms with Gasteiger partial charge in [0.25, 0.3) is 0 Å². The van der Waals surface area contributed by atoms with E-state index in [1.165, 1.54) is 16.5 Å². The Kier molecular flexibility index (Phi) is 3.29. The Balaban J connectivity index is 1.99. The van der Waals surface area contributed by atoms with E-state index in [1.54, 1.807) is 6.26 Å². The Morgan fingerprint density at radius 1 is 1.11 bits per heavy atom. The molecule has 0 saturated carbocycles. The topological polar surface area (TPSA) is 38.1 Å². The van der Waals surface area contributed by atoms with Crippen LogP contribution in [0.25, 0.3) is 10.9 Å². The van der Waals surface area contributed by atoms with E-state index in [0.717, 1.165) is 24.2 Å². The van der Waals surface area contributed by atoms with Crippen molar-refractivity contribution >= 4 is 10.9 Å². The minimum atomic E-state index is 0.755. The van der Waals surface area contributed by atoms with Crippen molar-refractivity contribution in [1.82, 2.24) is 10.3 Å². The molecule has 1 N–H and O–H groups in total. The lowest BCUT2D eigenvalue weighted by Gasteiger charge is -2.06. The van der Waals surface area contributed by atoms with Gasteiger partial charge in [0.05, 0.1) is 18.3 Å². The number of rotatable bonds is 4. The molecule has 0 fully saturated rings. The molecule has 19 heavy (non-hydrogen) atoms. The first kappa shape index (κ1) is 11.9. The van der Waals surface area contributed by atoms with E-state index in [-0.39, 0.29) is 0 Å². The zero-order valence-electron chi connectivity index (χ0n) is 10.9. The van der Waals surface area contributed by atoms with Gasteiger partial charge in [-0.25, -0.2) is 0 Å². The first-order chi connectivity index (χ1) is 9.38. The van der Waals surface area contributed by atoms with Gasteiger partial charge in [0.2, 0.25) is 0 Å². The molecule has 0 atom stereocenters. The lowest BCUT2D eigenvalue weighted by molar-refractivity contribution is 0.491. The molecule has 0 aliphatic heterocycles. The second-order valence-electron chi connectivity index (χ2n) is 4.56. The van der Waals surface area contributed by atoms with Gasteiger partial charge in [-0.15, -0.1) is 0 Å². The van der Waals surface area contributed by atoms with Crippen LogP contribution in [0.2, 0.25) is 0 Å². The number of para-hydroxylation sites is 1. The third-order valence-electron chi connectivity index (χ3n) is 3.30. The minimum absolute atomic E-state index is 0.755. The Morgan fingerprint density at radius 2 is 2.00 bits per heavy atom. The molecule has 96 valence electrons. The molecule has 1 aromatic carbocycles. The zero-order valence-corrected chi connectivity index (χ0v) is 10.9. The molecular weight excluding hydrogens is 236 g/mol. The van der Waals surface area contributed by atoms with Gasteiger partial charge in [-0.3, -0.25) is 4.98 Å². The summed E-state index contributed by atoms with van der Waals surface area (Å²) in [6.07, 6.45) is 4.50. The molecule has 0 radical (unpaired) electrons. The third-order valence-corrected chi connectivity index (χ3v) is 3.30. The first-order valence-corrected chi connectivity index (χ1v) is 6.41. The standard InChI is InChI=1S/C16H16N2O/c1-17-11-16-13(7-9-19-16)10-12-6-8-18-15-5-3-2-4-14(12)15/h2-9,17H,10-11H2,1H3. The minimum Gasteiger partial charge on any atom is -0.468 e. The number of hydrogen-bond acceptors (Lipinski definition) is 3. The van der Waals surface area contributed by atoms with Crippen LogP contribution in [0, 0.1) is 0 Å². The molecule has 3 nitrogen and oxygen atoms in total. The fourth-order valence-corrected chi connectivity index (χ4v) is 2.35. The summed E-state index contributed by atoms with van der Waals surface area (Å²) in [4.78, 5) is 4.39.